The van der Waals surface area contributed by atoms with E-state index in [2.05, 4.69) is 6.92 Å². The van der Waals surface area contributed by atoms with E-state index in [1.165, 1.54) is 12.8 Å². The standard InChI is InChI=1S/C20H32N2O3/c1-15-5-9-17(10-6-15)22(3)20(24)13-21(2)19(14-23)16-7-11-18(25-4)12-8-16/h7-8,11-12,15,17,19,23H,5-6,9-10,13-14H2,1-4H3. The minimum Gasteiger partial charge on any atom is -0.497 e. The summed E-state index contributed by atoms with van der Waals surface area (Å²) in [7, 11) is 5.43. The summed E-state index contributed by atoms with van der Waals surface area (Å²) < 4.78 is 5.18. The summed E-state index contributed by atoms with van der Waals surface area (Å²) in [6.07, 6.45) is 4.58. The maximum atomic E-state index is 12.7. The molecule has 0 aliphatic heterocycles. The van der Waals surface area contributed by atoms with Gasteiger partial charge in [-0.1, -0.05) is 19.1 Å². The Hall–Kier alpha value is -1.59. The number of aliphatic hydroxyl groups excluding tert-OH is 1. The molecule has 5 heteroatoms. The maximum absolute atomic E-state index is 12.7. The van der Waals surface area contributed by atoms with Gasteiger partial charge in [0.1, 0.15) is 5.75 Å². The van der Waals surface area contributed by atoms with Gasteiger partial charge in [0.15, 0.2) is 0 Å². The first kappa shape index (κ1) is 19.7. The van der Waals surface area contributed by atoms with Crippen LogP contribution in [-0.2, 0) is 4.79 Å². The number of nitrogens with zero attached hydrogens (tertiary/aromatic N) is 2. The van der Waals surface area contributed by atoms with Crippen molar-refractivity contribution in [2.45, 2.75) is 44.7 Å². The van der Waals surface area contributed by atoms with Gasteiger partial charge in [0.2, 0.25) is 5.91 Å². The first-order chi connectivity index (χ1) is 12.0. The highest BCUT2D eigenvalue weighted by Gasteiger charge is 2.26. The summed E-state index contributed by atoms with van der Waals surface area (Å²) in [6, 6.07) is 7.78. The van der Waals surface area contributed by atoms with Gasteiger partial charge in [0.25, 0.3) is 0 Å². The summed E-state index contributed by atoms with van der Waals surface area (Å²) in [5.74, 6) is 1.68. The van der Waals surface area contributed by atoms with E-state index in [4.69, 9.17) is 4.74 Å². The maximum Gasteiger partial charge on any atom is 0.236 e. The number of aliphatic hydroxyl groups is 1. The van der Waals surface area contributed by atoms with Crippen molar-refractivity contribution in [1.82, 2.24) is 9.80 Å². The van der Waals surface area contributed by atoms with Gasteiger partial charge in [-0.15, -0.1) is 0 Å². The predicted molar refractivity (Wildman–Crippen MR) is 99.6 cm³/mol. The molecule has 1 aliphatic rings. The highest BCUT2D eigenvalue weighted by Crippen LogP contribution is 2.27. The molecule has 1 saturated carbocycles. The van der Waals surface area contributed by atoms with Crippen LogP contribution >= 0.6 is 0 Å². The minimum absolute atomic E-state index is 0.0270. The van der Waals surface area contributed by atoms with Gasteiger partial charge >= 0.3 is 0 Å². The molecule has 25 heavy (non-hydrogen) atoms. The van der Waals surface area contributed by atoms with Crippen molar-refractivity contribution in [2.24, 2.45) is 5.92 Å². The Morgan fingerprint density at radius 1 is 1.20 bits per heavy atom. The second-order valence-corrected chi connectivity index (χ2v) is 7.30. The zero-order valence-corrected chi connectivity index (χ0v) is 15.9. The lowest BCUT2D eigenvalue weighted by Crippen LogP contribution is -2.44. The highest BCUT2D eigenvalue weighted by molar-refractivity contribution is 5.78. The molecule has 1 fully saturated rings. The van der Waals surface area contributed by atoms with Crippen LogP contribution in [0.25, 0.3) is 0 Å². The monoisotopic (exact) mass is 348 g/mol. The molecule has 1 aliphatic carbocycles. The highest BCUT2D eigenvalue weighted by atomic mass is 16.5. The topological polar surface area (TPSA) is 53.0 Å². The number of hydrogen-bond acceptors (Lipinski definition) is 4. The lowest BCUT2D eigenvalue weighted by molar-refractivity contribution is -0.134. The van der Waals surface area contributed by atoms with Crippen molar-refractivity contribution in [2.75, 3.05) is 34.4 Å². The lowest BCUT2D eigenvalue weighted by Gasteiger charge is -2.35. The van der Waals surface area contributed by atoms with Crippen LogP contribution in [0.15, 0.2) is 24.3 Å². The third-order valence-electron chi connectivity index (χ3n) is 5.52. The zero-order valence-electron chi connectivity index (χ0n) is 15.9. The van der Waals surface area contributed by atoms with E-state index in [-0.39, 0.29) is 18.6 Å². The average molecular weight is 348 g/mol. The van der Waals surface area contributed by atoms with E-state index in [9.17, 15) is 9.90 Å². The van der Waals surface area contributed by atoms with Crippen molar-refractivity contribution >= 4 is 5.91 Å². The van der Waals surface area contributed by atoms with Crippen molar-refractivity contribution in [3.8, 4) is 5.75 Å². The Balaban J connectivity index is 1.95. The fourth-order valence-electron chi connectivity index (χ4n) is 3.59. The van der Waals surface area contributed by atoms with Crippen LogP contribution in [0.1, 0.15) is 44.2 Å². The van der Waals surface area contributed by atoms with Gasteiger partial charge < -0.3 is 14.7 Å². The van der Waals surface area contributed by atoms with Gasteiger partial charge in [-0.25, -0.2) is 0 Å². The van der Waals surface area contributed by atoms with Crippen molar-refractivity contribution in [3.63, 3.8) is 0 Å². The van der Waals surface area contributed by atoms with E-state index in [1.54, 1.807) is 7.11 Å². The van der Waals surface area contributed by atoms with E-state index < -0.39 is 0 Å². The third kappa shape index (κ3) is 5.19. The van der Waals surface area contributed by atoms with E-state index in [0.717, 1.165) is 30.1 Å². The number of methoxy groups -OCH3 is 1. The molecule has 2 rings (SSSR count). The molecule has 5 nitrogen and oxygen atoms in total. The van der Waals surface area contributed by atoms with Crippen molar-refractivity contribution in [1.29, 1.82) is 0 Å². The van der Waals surface area contributed by atoms with E-state index in [0.29, 0.717) is 12.6 Å². The number of rotatable bonds is 7. The molecule has 0 radical (unpaired) electrons. The number of carbonyl (C=O) groups is 1. The molecule has 1 aromatic carbocycles. The number of benzene rings is 1. The van der Waals surface area contributed by atoms with Crippen LogP contribution in [0, 0.1) is 5.92 Å². The van der Waals surface area contributed by atoms with Gasteiger partial charge in [0.05, 0.1) is 26.3 Å². The van der Waals surface area contributed by atoms with E-state index >= 15 is 0 Å². The second-order valence-electron chi connectivity index (χ2n) is 7.30. The van der Waals surface area contributed by atoms with Gasteiger partial charge in [-0.05, 0) is 56.3 Å². The minimum atomic E-state index is -0.199. The molecule has 0 saturated heterocycles. The Morgan fingerprint density at radius 3 is 2.32 bits per heavy atom. The fraction of sp³-hybridized carbons (Fsp3) is 0.650. The average Bonchev–Trinajstić information content (AvgIpc) is 2.63. The molecule has 0 aromatic heterocycles. The first-order valence-electron chi connectivity index (χ1n) is 9.17. The van der Waals surface area contributed by atoms with Crippen LogP contribution in [0.3, 0.4) is 0 Å². The lowest BCUT2D eigenvalue weighted by atomic mass is 9.87. The zero-order chi connectivity index (χ0) is 18.4. The molecule has 1 unspecified atom stereocenters. The van der Waals surface area contributed by atoms with Crippen LogP contribution in [0.2, 0.25) is 0 Å². The van der Waals surface area contributed by atoms with E-state index in [1.807, 2.05) is 48.2 Å². The molecule has 1 aromatic rings. The SMILES string of the molecule is COc1ccc(C(CO)N(C)CC(=O)N(C)C2CCC(C)CC2)cc1. The molecule has 0 spiro atoms. The summed E-state index contributed by atoms with van der Waals surface area (Å²) in [4.78, 5) is 16.5. The molecular weight excluding hydrogens is 316 g/mol. The fourth-order valence-corrected chi connectivity index (χ4v) is 3.59. The van der Waals surface area contributed by atoms with Gasteiger partial charge in [-0.3, -0.25) is 9.69 Å². The van der Waals surface area contributed by atoms with Crippen LogP contribution in [0.4, 0.5) is 0 Å². The molecule has 0 bridgehead atoms. The number of likely N-dealkylation sites (N-methyl/N-ethyl adjacent to an activating group) is 2. The van der Waals surface area contributed by atoms with Gasteiger partial charge in [-0.2, -0.15) is 0 Å². The Bertz CT molecular complexity index is 538. The number of carbonyl (C=O) groups excluding carboxylic acids is 1. The summed E-state index contributed by atoms with van der Waals surface area (Å²) in [5, 5.41) is 9.81. The second kappa shape index (κ2) is 9.20. The predicted octanol–water partition coefficient (Wildman–Crippen LogP) is 2.70. The summed E-state index contributed by atoms with van der Waals surface area (Å²) >= 11 is 0. The molecule has 1 amide bonds. The Morgan fingerprint density at radius 2 is 1.80 bits per heavy atom. The molecule has 140 valence electrons. The molecule has 1 N–H and O–H groups in total. The third-order valence-corrected chi connectivity index (χ3v) is 5.52. The normalized spacial score (nSPS) is 21.8. The number of amides is 1. The first-order valence-corrected chi connectivity index (χ1v) is 9.17. The van der Waals surface area contributed by atoms with Gasteiger partial charge in [0, 0.05) is 13.1 Å². The summed E-state index contributed by atoms with van der Waals surface area (Å²) in [5.41, 5.74) is 0.979. The Kier molecular flexibility index (Phi) is 7.26. The van der Waals surface area contributed by atoms with Crippen LogP contribution in [-0.4, -0.2) is 61.2 Å². The van der Waals surface area contributed by atoms with Crippen LogP contribution in [0.5, 0.6) is 5.75 Å². The smallest absolute Gasteiger partial charge is 0.236 e. The summed E-state index contributed by atoms with van der Waals surface area (Å²) in [6.45, 7) is 2.56. The molecule has 1 atom stereocenters. The Labute approximate surface area is 151 Å². The molecule has 0 heterocycles. The molecular formula is C20H32N2O3. The number of ether oxygens (including phenoxy) is 1. The largest absolute Gasteiger partial charge is 0.497 e. The van der Waals surface area contributed by atoms with Crippen LogP contribution < -0.4 is 4.74 Å². The van der Waals surface area contributed by atoms with Crippen molar-refractivity contribution < 1.29 is 14.6 Å². The quantitative estimate of drug-likeness (QED) is 0.823. The number of hydrogen-bond donors (Lipinski definition) is 1. The van der Waals surface area contributed by atoms with Crippen molar-refractivity contribution in [3.05, 3.63) is 29.8 Å².